The summed E-state index contributed by atoms with van der Waals surface area (Å²) < 4.78 is 13.6. The van der Waals surface area contributed by atoms with E-state index in [0.29, 0.717) is 18.8 Å². The van der Waals surface area contributed by atoms with E-state index in [9.17, 15) is 4.21 Å². The second kappa shape index (κ2) is 8.17. The van der Waals surface area contributed by atoms with Crippen molar-refractivity contribution in [1.82, 2.24) is 20.4 Å². The quantitative estimate of drug-likeness (QED) is 0.608. The predicted octanol–water partition coefficient (Wildman–Crippen LogP) is 1.02. The fourth-order valence-corrected chi connectivity index (χ4v) is 2.53. The molecule has 1 aromatic heterocycles. The third-order valence-electron chi connectivity index (χ3n) is 2.93. The zero-order chi connectivity index (χ0) is 15.9. The van der Waals surface area contributed by atoms with Gasteiger partial charge in [0.2, 0.25) is 0 Å². The van der Waals surface area contributed by atoms with Crippen LogP contribution >= 0.6 is 0 Å². The molecule has 0 saturated carbocycles. The van der Waals surface area contributed by atoms with E-state index < -0.39 is 10.8 Å². The molecule has 0 amide bonds. The summed E-state index contributed by atoms with van der Waals surface area (Å²) in [4.78, 5) is 4.51. The van der Waals surface area contributed by atoms with E-state index in [1.165, 1.54) is 0 Å². The summed E-state index contributed by atoms with van der Waals surface area (Å²) in [5.74, 6) is 1.35. The van der Waals surface area contributed by atoms with Gasteiger partial charge in [-0.15, -0.1) is 0 Å². The molecule has 0 fully saturated rings. The van der Waals surface area contributed by atoms with Crippen LogP contribution in [0.3, 0.4) is 0 Å². The lowest BCUT2D eigenvalue weighted by Gasteiger charge is -2.18. The van der Waals surface area contributed by atoms with Crippen LogP contribution in [0.5, 0.6) is 0 Å². The van der Waals surface area contributed by atoms with Crippen molar-refractivity contribution in [2.75, 3.05) is 18.8 Å². The number of nitrogens with zero attached hydrogens (tertiary/aromatic N) is 3. The highest BCUT2D eigenvalue weighted by Gasteiger charge is 2.18. The lowest BCUT2D eigenvalue weighted by atomic mass is 10.3. The lowest BCUT2D eigenvalue weighted by Crippen LogP contribution is -2.40. The van der Waals surface area contributed by atoms with Crippen LogP contribution in [-0.4, -0.2) is 43.5 Å². The molecule has 7 heteroatoms. The number of hydrogen-bond acceptors (Lipinski definition) is 3. The van der Waals surface area contributed by atoms with Gasteiger partial charge in [0.1, 0.15) is 0 Å². The first-order valence-corrected chi connectivity index (χ1v) is 8.54. The van der Waals surface area contributed by atoms with Crippen molar-refractivity contribution in [3.63, 3.8) is 0 Å². The Labute approximate surface area is 129 Å². The molecule has 120 valence electrons. The van der Waals surface area contributed by atoms with E-state index in [4.69, 9.17) is 0 Å². The van der Waals surface area contributed by atoms with Crippen molar-refractivity contribution in [3.05, 3.63) is 18.0 Å². The minimum Gasteiger partial charge on any atom is -0.357 e. The molecule has 0 aromatic carbocycles. The molecule has 2 N–H and O–H groups in total. The molecule has 1 unspecified atom stereocenters. The zero-order valence-electron chi connectivity index (χ0n) is 13.6. The molecule has 0 radical (unpaired) electrons. The van der Waals surface area contributed by atoms with Gasteiger partial charge in [0.05, 0.1) is 12.2 Å². The molecule has 0 aliphatic carbocycles. The molecule has 21 heavy (non-hydrogen) atoms. The maximum atomic E-state index is 12.0. The Bertz CT molecular complexity index is 490. The highest BCUT2D eigenvalue weighted by atomic mass is 32.2. The van der Waals surface area contributed by atoms with Gasteiger partial charge in [-0.05, 0) is 33.8 Å². The van der Waals surface area contributed by atoms with Gasteiger partial charge in [0.15, 0.2) is 5.96 Å². The normalized spacial score (nSPS) is 14.0. The number of guanidine groups is 1. The van der Waals surface area contributed by atoms with E-state index in [1.807, 2.05) is 45.5 Å². The van der Waals surface area contributed by atoms with Crippen LogP contribution in [0.4, 0.5) is 0 Å². The Hall–Kier alpha value is -1.37. The zero-order valence-corrected chi connectivity index (χ0v) is 14.5. The Morgan fingerprint density at radius 2 is 2.14 bits per heavy atom. The van der Waals surface area contributed by atoms with E-state index in [1.54, 1.807) is 6.20 Å². The summed E-state index contributed by atoms with van der Waals surface area (Å²) in [6.45, 7) is 9.99. The van der Waals surface area contributed by atoms with Gasteiger partial charge < -0.3 is 10.6 Å². The monoisotopic (exact) mass is 313 g/mol. The fraction of sp³-hybridized carbons (Fsp3) is 0.714. The van der Waals surface area contributed by atoms with Crippen LogP contribution in [0, 0.1) is 0 Å². The van der Waals surface area contributed by atoms with Crippen LogP contribution in [0.15, 0.2) is 17.3 Å². The van der Waals surface area contributed by atoms with Gasteiger partial charge in [0.25, 0.3) is 0 Å². The molecule has 1 rings (SSSR count). The molecule has 0 aliphatic rings. The number of aryl methyl sites for hydroxylation is 1. The highest BCUT2D eigenvalue weighted by Crippen LogP contribution is 2.10. The molecular formula is C14H27N5OS. The van der Waals surface area contributed by atoms with Crippen molar-refractivity contribution in [1.29, 1.82) is 0 Å². The SMILES string of the molecule is CCNC(=NCc1ccnn1C)NCCS(=O)C(C)(C)C. The maximum absolute atomic E-state index is 12.0. The highest BCUT2D eigenvalue weighted by molar-refractivity contribution is 7.86. The average Bonchev–Trinajstić information content (AvgIpc) is 2.80. The van der Waals surface area contributed by atoms with E-state index >= 15 is 0 Å². The fourth-order valence-electron chi connectivity index (χ4n) is 1.63. The van der Waals surface area contributed by atoms with Crippen molar-refractivity contribution >= 4 is 16.8 Å². The Kier molecular flexibility index (Phi) is 6.87. The first kappa shape index (κ1) is 17.7. The molecule has 1 atom stereocenters. The van der Waals surface area contributed by atoms with Crippen LogP contribution in [-0.2, 0) is 24.4 Å². The van der Waals surface area contributed by atoms with Crippen molar-refractivity contribution in [2.24, 2.45) is 12.0 Å². The number of rotatable bonds is 6. The Morgan fingerprint density at radius 3 is 2.67 bits per heavy atom. The third kappa shape index (κ3) is 6.29. The summed E-state index contributed by atoms with van der Waals surface area (Å²) >= 11 is 0. The molecule has 6 nitrogen and oxygen atoms in total. The summed E-state index contributed by atoms with van der Waals surface area (Å²) in [5.41, 5.74) is 1.05. The third-order valence-corrected chi connectivity index (χ3v) is 4.87. The van der Waals surface area contributed by atoms with Crippen LogP contribution in [0.1, 0.15) is 33.4 Å². The maximum Gasteiger partial charge on any atom is 0.191 e. The van der Waals surface area contributed by atoms with Crippen LogP contribution in [0.25, 0.3) is 0 Å². The smallest absolute Gasteiger partial charge is 0.191 e. The van der Waals surface area contributed by atoms with Gasteiger partial charge >= 0.3 is 0 Å². The first-order valence-electron chi connectivity index (χ1n) is 7.22. The van der Waals surface area contributed by atoms with Gasteiger partial charge in [-0.3, -0.25) is 8.89 Å². The van der Waals surface area contributed by atoms with Gasteiger partial charge in [-0.1, -0.05) is 0 Å². The van der Waals surface area contributed by atoms with Crippen molar-refractivity contribution < 1.29 is 4.21 Å². The number of nitrogens with one attached hydrogen (secondary N) is 2. The minimum absolute atomic E-state index is 0.175. The van der Waals surface area contributed by atoms with Gasteiger partial charge in [-0.2, -0.15) is 5.10 Å². The van der Waals surface area contributed by atoms with Gasteiger partial charge in [-0.25, -0.2) is 4.99 Å². The molecule has 0 bridgehead atoms. The van der Waals surface area contributed by atoms with Crippen LogP contribution in [0.2, 0.25) is 0 Å². The van der Waals surface area contributed by atoms with Crippen molar-refractivity contribution in [2.45, 2.75) is 39.0 Å². The molecule has 1 aromatic rings. The number of aliphatic imine (C=N–C) groups is 1. The van der Waals surface area contributed by atoms with Crippen LogP contribution < -0.4 is 10.6 Å². The Balaban J connectivity index is 2.50. The average molecular weight is 313 g/mol. The molecule has 0 aliphatic heterocycles. The number of hydrogen-bond donors (Lipinski definition) is 2. The second-order valence-electron chi connectivity index (χ2n) is 5.73. The predicted molar refractivity (Wildman–Crippen MR) is 88.8 cm³/mol. The Morgan fingerprint density at radius 1 is 1.43 bits per heavy atom. The summed E-state index contributed by atoms with van der Waals surface area (Å²) in [5, 5.41) is 10.5. The second-order valence-corrected chi connectivity index (χ2v) is 8.05. The van der Waals surface area contributed by atoms with Gasteiger partial charge in [0, 0.05) is 47.6 Å². The molecule has 1 heterocycles. The summed E-state index contributed by atoms with van der Waals surface area (Å²) in [6, 6.07) is 1.95. The summed E-state index contributed by atoms with van der Waals surface area (Å²) in [7, 11) is 1.05. The molecular weight excluding hydrogens is 286 g/mol. The topological polar surface area (TPSA) is 71.3 Å². The van der Waals surface area contributed by atoms with E-state index in [-0.39, 0.29) is 4.75 Å². The molecule has 0 saturated heterocycles. The van der Waals surface area contributed by atoms with Crippen molar-refractivity contribution in [3.8, 4) is 0 Å². The summed E-state index contributed by atoms with van der Waals surface area (Å²) in [6.07, 6.45) is 1.76. The first-order chi connectivity index (χ1) is 9.84. The van der Waals surface area contributed by atoms with E-state index in [2.05, 4.69) is 20.7 Å². The minimum atomic E-state index is -0.854. The lowest BCUT2D eigenvalue weighted by molar-refractivity contribution is 0.647. The number of aromatic nitrogens is 2. The van der Waals surface area contributed by atoms with E-state index in [0.717, 1.165) is 18.2 Å². The largest absolute Gasteiger partial charge is 0.357 e. The molecule has 0 spiro atoms. The standard InChI is InChI=1S/C14H27N5OS/c1-6-15-13(16-9-10-21(20)14(2,3)4)17-11-12-7-8-18-19(12)5/h7-8H,6,9-11H2,1-5H3,(H2,15,16,17).